The average Bonchev–Trinajstić information content (AvgIpc) is 2.98. The molecule has 0 bridgehead atoms. The van der Waals surface area contributed by atoms with Crippen molar-refractivity contribution in [2.24, 2.45) is 17.8 Å². The summed E-state index contributed by atoms with van der Waals surface area (Å²) in [7, 11) is 0. The second kappa shape index (κ2) is 5.50. The molecular formula is C12H23NO2. The van der Waals surface area contributed by atoms with E-state index >= 15 is 0 Å². The van der Waals surface area contributed by atoms with Gasteiger partial charge in [-0.2, -0.15) is 0 Å². The third-order valence-electron chi connectivity index (χ3n) is 3.37. The van der Waals surface area contributed by atoms with Gasteiger partial charge in [0.05, 0.1) is 0 Å². The van der Waals surface area contributed by atoms with Crippen LogP contribution in [0.4, 0.5) is 0 Å². The van der Waals surface area contributed by atoms with Gasteiger partial charge in [0.1, 0.15) is 0 Å². The summed E-state index contributed by atoms with van der Waals surface area (Å²) >= 11 is 0. The van der Waals surface area contributed by atoms with Crippen LogP contribution in [0.5, 0.6) is 0 Å². The Morgan fingerprint density at radius 1 is 1.40 bits per heavy atom. The SMILES string of the molecule is CC(C)C(C)C(=O)NC(CCO)C1CC1. The predicted octanol–water partition coefficient (Wildman–Crippen LogP) is 1.56. The van der Waals surface area contributed by atoms with Crippen molar-refractivity contribution >= 4 is 5.91 Å². The quantitative estimate of drug-likeness (QED) is 0.703. The molecule has 1 rings (SSSR count). The van der Waals surface area contributed by atoms with Gasteiger partial charge in [-0.3, -0.25) is 4.79 Å². The van der Waals surface area contributed by atoms with Gasteiger partial charge in [0.2, 0.25) is 5.91 Å². The predicted molar refractivity (Wildman–Crippen MR) is 60.4 cm³/mol. The summed E-state index contributed by atoms with van der Waals surface area (Å²) in [5, 5.41) is 12.0. The topological polar surface area (TPSA) is 49.3 Å². The second-order valence-electron chi connectivity index (χ2n) is 5.00. The lowest BCUT2D eigenvalue weighted by Crippen LogP contribution is -2.41. The monoisotopic (exact) mass is 213 g/mol. The molecule has 1 amide bonds. The van der Waals surface area contributed by atoms with Gasteiger partial charge in [0.15, 0.2) is 0 Å². The van der Waals surface area contributed by atoms with E-state index in [-0.39, 0.29) is 24.5 Å². The summed E-state index contributed by atoms with van der Waals surface area (Å²) in [5.74, 6) is 1.18. The fourth-order valence-corrected chi connectivity index (χ4v) is 1.68. The first-order valence-corrected chi connectivity index (χ1v) is 5.97. The van der Waals surface area contributed by atoms with Crippen LogP contribution in [0.3, 0.4) is 0 Å². The third-order valence-corrected chi connectivity index (χ3v) is 3.37. The molecule has 1 aliphatic rings. The zero-order valence-electron chi connectivity index (χ0n) is 9.99. The van der Waals surface area contributed by atoms with Crippen LogP contribution >= 0.6 is 0 Å². The number of amides is 1. The zero-order chi connectivity index (χ0) is 11.4. The summed E-state index contributed by atoms with van der Waals surface area (Å²) in [5.41, 5.74) is 0. The number of carbonyl (C=O) groups excluding carboxylic acids is 1. The minimum absolute atomic E-state index is 0.0601. The summed E-state index contributed by atoms with van der Waals surface area (Å²) in [6.45, 7) is 6.24. The van der Waals surface area contributed by atoms with Crippen LogP contribution in [0.1, 0.15) is 40.0 Å². The highest BCUT2D eigenvalue weighted by atomic mass is 16.3. The lowest BCUT2D eigenvalue weighted by atomic mass is 9.96. The molecule has 3 nitrogen and oxygen atoms in total. The first-order valence-electron chi connectivity index (χ1n) is 5.97. The molecule has 0 radical (unpaired) electrons. The van der Waals surface area contributed by atoms with Gasteiger partial charge in [-0.15, -0.1) is 0 Å². The van der Waals surface area contributed by atoms with Gasteiger partial charge in [0, 0.05) is 18.6 Å². The molecule has 2 N–H and O–H groups in total. The molecule has 0 heterocycles. The first-order chi connectivity index (χ1) is 7.06. The molecule has 0 aromatic rings. The Balaban J connectivity index is 2.39. The largest absolute Gasteiger partial charge is 0.396 e. The Hall–Kier alpha value is -0.570. The maximum atomic E-state index is 11.8. The van der Waals surface area contributed by atoms with E-state index in [1.165, 1.54) is 12.8 Å². The summed E-state index contributed by atoms with van der Waals surface area (Å²) in [6.07, 6.45) is 3.09. The Morgan fingerprint density at radius 3 is 2.40 bits per heavy atom. The number of carbonyl (C=O) groups is 1. The molecule has 0 saturated heterocycles. The number of hydrogen-bond donors (Lipinski definition) is 2. The molecule has 2 atom stereocenters. The molecule has 88 valence electrons. The van der Waals surface area contributed by atoms with Crippen molar-refractivity contribution in [2.45, 2.75) is 46.1 Å². The van der Waals surface area contributed by atoms with Gasteiger partial charge < -0.3 is 10.4 Å². The fourth-order valence-electron chi connectivity index (χ4n) is 1.68. The number of rotatable bonds is 6. The molecule has 0 aromatic carbocycles. The van der Waals surface area contributed by atoms with E-state index in [0.29, 0.717) is 18.3 Å². The van der Waals surface area contributed by atoms with Crippen LogP contribution in [0, 0.1) is 17.8 Å². The third kappa shape index (κ3) is 3.82. The van der Waals surface area contributed by atoms with Gasteiger partial charge in [-0.05, 0) is 31.1 Å². The van der Waals surface area contributed by atoms with Crippen LogP contribution in [-0.4, -0.2) is 23.7 Å². The minimum Gasteiger partial charge on any atom is -0.396 e. The number of aliphatic hydroxyl groups is 1. The van der Waals surface area contributed by atoms with E-state index in [9.17, 15) is 4.79 Å². The molecule has 0 aromatic heterocycles. The maximum absolute atomic E-state index is 11.8. The number of hydrogen-bond acceptors (Lipinski definition) is 2. The van der Waals surface area contributed by atoms with E-state index in [1.54, 1.807) is 0 Å². The normalized spacial score (nSPS) is 20.1. The van der Waals surface area contributed by atoms with Gasteiger partial charge in [-0.25, -0.2) is 0 Å². The molecule has 1 saturated carbocycles. The average molecular weight is 213 g/mol. The molecule has 0 aliphatic heterocycles. The van der Waals surface area contributed by atoms with Gasteiger partial charge >= 0.3 is 0 Å². The number of nitrogens with one attached hydrogen (secondary N) is 1. The molecule has 1 aliphatic carbocycles. The molecule has 3 heteroatoms. The van der Waals surface area contributed by atoms with E-state index in [1.807, 2.05) is 6.92 Å². The van der Waals surface area contributed by atoms with Crippen LogP contribution in [0.15, 0.2) is 0 Å². The van der Waals surface area contributed by atoms with Crippen molar-refractivity contribution in [3.8, 4) is 0 Å². The van der Waals surface area contributed by atoms with Crippen molar-refractivity contribution in [2.75, 3.05) is 6.61 Å². The van der Waals surface area contributed by atoms with Crippen LogP contribution in [0.25, 0.3) is 0 Å². The second-order valence-corrected chi connectivity index (χ2v) is 5.00. The van der Waals surface area contributed by atoms with Gasteiger partial charge in [-0.1, -0.05) is 20.8 Å². The highest BCUT2D eigenvalue weighted by Gasteiger charge is 2.32. The van der Waals surface area contributed by atoms with E-state index in [4.69, 9.17) is 5.11 Å². The molecular weight excluding hydrogens is 190 g/mol. The van der Waals surface area contributed by atoms with Crippen molar-refractivity contribution in [1.29, 1.82) is 0 Å². The minimum atomic E-state index is 0.0601. The smallest absolute Gasteiger partial charge is 0.223 e. The van der Waals surface area contributed by atoms with E-state index < -0.39 is 0 Å². The fraction of sp³-hybridized carbons (Fsp3) is 0.917. The van der Waals surface area contributed by atoms with Crippen molar-refractivity contribution in [1.82, 2.24) is 5.32 Å². The molecule has 15 heavy (non-hydrogen) atoms. The van der Waals surface area contributed by atoms with Crippen molar-refractivity contribution in [3.63, 3.8) is 0 Å². The lowest BCUT2D eigenvalue weighted by molar-refractivity contribution is -0.126. The number of aliphatic hydroxyl groups excluding tert-OH is 1. The highest BCUT2D eigenvalue weighted by molar-refractivity contribution is 5.78. The zero-order valence-corrected chi connectivity index (χ0v) is 9.99. The highest BCUT2D eigenvalue weighted by Crippen LogP contribution is 2.34. The molecule has 2 unspecified atom stereocenters. The Bertz CT molecular complexity index is 212. The van der Waals surface area contributed by atoms with E-state index in [2.05, 4.69) is 19.2 Å². The van der Waals surface area contributed by atoms with E-state index in [0.717, 1.165) is 0 Å². The van der Waals surface area contributed by atoms with Crippen LogP contribution < -0.4 is 5.32 Å². The van der Waals surface area contributed by atoms with Crippen molar-refractivity contribution < 1.29 is 9.90 Å². The van der Waals surface area contributed by atoms with Crippen LogP contribution in [0.2, 0.25) is 0 Å². The Labute approximate surface area is 92.3 Å². The van der Waals surface area contributed by atoms with Crippen LogP contribution in [-0.2, 0) is 4.79 Å². The summed E-state index contributed by atoms with van der Waals surface area (Å²) < 4.78 is 0. The standard InChI is InChI=1S/C12H23NO2/c1-8(2)9(3)12(15)13-11(6-7-14)10-4-5-10/h8-11,14H,4-7H2,1-3H3,(H,13,15). The maximum Gasteiger partial charge on any atom is 0.223 e. The Kier molecular flexibility index (Phi) is 4.58. The Morgan fingerprint density at radius 2 is 2.00 bits per heavy atom. The first kappa shape index (κ1) is 12.5. The summed E-state index contributed by atoms with van der Waals surface area (Å²) in [6, 6.07) is 0.198. The summed E-state index contributed by atoms with van der Waals surface area (Å²) in [4.78, 5) is 11.8. The van der Waals surface area contributed by atoms with Gasteiger partial charge in [0.25, 0.3) is 0 Å². The van der Waals surface area contributed by atoms with Crippen molar-refractivity contribution in [3.05, 3.63) is 0 Å². The molecule has 0 spiro atoms. The lowest BCUT2D eigenvalue weighted by Gasteiger charge is -2.21. The molecule has 1 fully saturated rings.